The molecule has 0 radical (unpaired) electrons. The molecule has 0 aliphatic carbocycles. The molecule has 1 fully saturated rings. The van der Waals surface area contributed by atoms with E-state index in [1.54, 1.807) is 11.8 Å². The Morgan fingerprint density at radius 2 is 1.84 bits per heavy atom. The summed E-state index contributed by atoms with van der Waals surface area (Å²) in [6.45, 7) is 1.88. The number of thioether (sulfide) groups is 1. The van der Waals surface area contributed by atoms with Crippen LogP contribution in [0.15, 0.2) is 29.2 Å². The van der Waals surface area contributed by atoms with Gasteiger partial charge >= 0.3 is 0 Å². The number of hydrogen-bond acceptors (Lipinski definition) is 2. The van der Waals surface area contributed by atoms with Crippen LogP contribution in [-0.2, 0) is 4.79 Å². The molecule has 0 aromatic heterocycles. The minimum absolute atomic E-state index is 0.293. The van der Waals surface area contributed by atoms with E-state index in [1.165, 1.54) is 12.8 Å². The SMILES string of the molecule is O=C(CCSc1ccccc1Cl)N1CCCCCC1. The Balaban J connectivity index is 1.76. The number of benzene rings is 1. The van der Waals surface area contributed by atoms with Crippen molar-refractivity contribution in [2.45, 2.75) is 37.0 Å². The smallest absolute Gasteiger partial charge is 0.223 e. The maximum Gasteiger partial charge on any atom is 0.223 e. The molecule has 0 bridgehead atoms. The zero-order valence-electron chi connectivity index (χ0n) is 11.1. The average molecular weight is 298 g/mol. The molecule has 2 rings (SSSR count). The zero-order valence-corrected chi connectivity index (χ0v) is 12.7. The molecule has 0 saturated carbocycles. The van der Waals surface area contributed by atoms with Gasteiger partial charge in [-0.25, -0.2) is 0 Å². The standard InChI is InChI=1S/C15H20ClNOS/c16-13-7-3-4-8-14(13)19-12-9-15(18)17-10-5-1-2-6-11-17/h3-4,7-8H,1-2,5-6,9-12H2. The van der Waals surface area contributed by atoms with E-state index in [0.29, 0.717) is 12.3 Å². The molecule has 104 valence electrons. The van der Waals surface area contributed by atoms with Crippen molar-refractivity contribution in [2.24, 2.45) is 0 Å². The van der Waals surface area contributed by atoms with Gasteiger partial charge in [-0.2, -0.15) is 0 Å². The summed E-state index contributed by atoms with van der Waals surface area (Å²) in [6.07, 6.45) is 5.44. The van der Waals surface area contributed by atoms with Gasteiger partial charge in [0.05, 0.1) is 5.02 Å². The van der Waals surface area contributed by atoms with Crippen molar-refractivity contribution in [3.8, 4) is 0 Å². The molecular formula is C15H20ClNOS. The summed E-state index contributed by atoms with van der Waals surface area (Å²) >= 11 is 7.76. The maximum absolute atomic E-state index is 12.1. The lowest BCUT2D eigenvalue weighted by molar-refractivity contribution is -0.130. The van der Waals surface area contributed by atoms with E-state index in [1.807, 2.05) is 29.2 Å². The maximum atomic E-state index is 12.1. The van der Waals surface area contributed by atoms with Gasteiger partial charge < -0.3 is 4.90 Å². The van der Waals surface area contributed by atoms with Gasteiger partial charge in [-0.3, -0.25) is 4.79 Å². The highest BCUT2D eigenvalue weighted by Crippen LogP contribution is 2.27. The topological polar surface area (TPSA) is 20.3 Å². The Labute approximate surface area is 124 Å². The van der Waals surface area contributed by atoms with Crippen LogP contribution in [0, 0.1) is 0 Å². The molecule has 0 spiro atoms. The number of nitrogens with zero attached hydrogens (tertiary/aromatic N) is 1. The lowest BCUT2D eigenvalue weighted by Gasteiger charge is -2.20. The van der Waals surface area contributed by atoms with Gasteiger partial charge in [0.1, 0.15) is 0 Å². The van der Waals surface area contributed by atoms with Crippen LogP contribution in [-0.4, -0.2) is 29.6 Å². The van der Waals surface area contributed by atoms with E-state index in [0.717, 1.165) is 41.6 Å². The molecular weight excluding hydrogens is 278 g/mol. The summed E-state index contributed by atoms with van der Waals surface area (Å²) in [4.78, 5) is 15.2. The number of hydrogen-bond donors (Lipinski definition) is 0. The van der Waals surface area contributed by atoms with E-state index >= 15 is 0 Å². The molecule has 4 heteroatoms. The molecule has 1 amide bonds. The summed E-state index contributed by atoms with van der Waals surface area (Å²) in [7, 11) is 0. The van der Waals surface area contributed by atoms with Gasteiger partial charge in [0, 0.05) is 30.2 Å². The first-order valence-corrected chi connectivity index (χ1v) is 8.29. The Morgan fingerprint density at radius 1 is 1.16 bits per heavy atom. The van der Waals surface area contributed by atoms with Crippen molar-refractivity contribution >= 4 is 29.3 Å². The Hall–Kier alpha value is -0.670. The number of likely N-dealkylation sites (tertiary alicyclic amines) is 1. The molecule has 19 heavy (non-hydrogen) atoms. The first-order valence-electron chi connectivity index (χ1n) is 6.92. The fraction of sp³-hybridized carbons (Fsp3) is 0.533. The minimum Gasteiger partial charge on any atom is -0.343 e. The average Bonchev–Trinajstić information content (AvgIpc) is 2.70. The van der Waals surface area contributed by atoms with Crippen LogP contribution in [0.1, 0.15) is 32.1 Å². The Bertz CT molecular complexity index is 416. The highest BCUT2D eigenvalue weighted by molar-refractivity contribution is 7.99. The van der Waals surface area contributed by atoms with Crippen molar-refractivity contribution < 1.29 is 4.79 Å². The largest absolute Gasteiger partial charge is 0.343 e. The van der Waals surface area contributed by atoms with E-state index in [-0.39, 0.29) is 0 Å². The van der Waals surface area contributed by atoms with Crippen LogP contribution in [0.2, 0.25) is 5.02 Å². The minimum atomic E-state index is 0.293. The fourth-order valence-corrected chi connectivity index (χ4v) is 3.46. The molecule has 1 saturated heterocycles. The van der Waals surface area contributed by atoms with Gasteiger partial charge in [0.25, 0.3) is 0 Å². The van der Waals surface area contributed by atoms with Crippen LogP contribution >= 0.6 is 23.4 Å². The number of amides is 1. The Kier molecular flexibility index (Phi) is 6.05. The van der Waals surface area contributed by atoms with Crippen molar-refractivity contribution in [1.29, 1.82) is 0 Å². The summed E-state index contributed by atoms with van der Waals surface area (Å²) in [5.41, 5.74) is 0. The van der Waals surface area contributed by atoms with Crippen LogP contribution in [0.3, 0.4) is 0 Å². The fourth-order valence-electron chi connectivity index (χ4n) is 2.29. The zero-order chi connectivity index (χ0) is 13.5. The number of carbonyl (C=O) groups is 1. The molecule has 1 aliphatic rings. The first kappa shape index (κ1) is 14.7. The molecule has 1 aromatic carbocycles. The van der Waals surface area contributed by atoms with Crippen molar-refractivity contribution in [3.63, 3.8) is 0 Å². The molecule has 0 unspecified atom stereocenters. The lowest BCUT2D eigenvalue weighted by atomic mass is 10.2. The van der Waals surface area contributed by atoms with Crippen LogP contribution in [0.5, 0.6) is 0 Å². The predicted octanol–water partition coefficient (Wildman–Crippen LogP) is 4.22. The number of halogens is 1. The second-order valence-electron chi connectivity index (χ2n) is 4.82. The van der Waals surface area contributed by atoms with Crippen LogP contribution in [0.4, 0.5) is 0 Å². The number of carbonyl (C=O) groups excluding carboxylic acids is 1. The van der Waals surface area contributed by atoms with E-state index in [4.69, 9.17) is 11.6 Å². The second kappa shape index (κ2) is 7.81. The van der Waals surface area contributed by atoms with Gasteiger partial charge in [0.2, 0.25) is 5.91 Å². The van der Waals surface area contributed by atoms with Gasteiger partial charge in [0.15, 0.2) is 0 Å². The summed E-state index contributed by atoms with van der Waals surface area (Å²) in [5, 5.41) is 0.773. The van der Waals surface area contributed by atoms with E-state index in [9.17, 15) is 4.79 Å². The van der Waals surface area contributed by atoms with Crippen LogP contribution < -0.4 is 0 Å². The quantitative estimate of drug-likeness (QED) is 0.775. The third-order valence-corrected chi connectivity index (χ3v) is 4.89. The highest BCUT2D eigenvalue weighted by atomic mass is 35.5. The molecule has 0 N–H and O–H groups in total. The molecule has 2 nitrogen and oxygen atoms in total. The molecule has 0 atom stereocenters. The van der Waals surface area contributed by atoms with E-state index in [2.05, 4.69) is 0 Å². The molecule has 1 heterocycles. The van der Waals surface area contributed by atoms with Gasteiger partial charge in [-0.05, 0) is 25.0 Å². The third kappa shape index (κ3) is 4.73. The molecule has 1 aromatic rings. The summed E-state index contributed by atoms with van der Waals surface area (Å²) in [5.74, 6) is 1.10. The molecule has 1 aliphatic heterocycles. The lowest BCUT2D eigenvalue weighted by Crippen LogP contribution is -2.31. The highest BCUT2D eigenvalue weighted by Gasteiger charge is 2.15. The van der Waals surface area contributed by atoms with Crippen molar-refractivity contribution in [2.75, 3.05) is 18.8 Å². The monoisotopic (exact) mass is 297 g/mol. The first-order chi connectivity index (χ1) is 9.27. The predicted molar refractivity (Wildman–Crippen MR) is 81.8 cm³/mol. The van der Waals surface area contributed by atoms with Crippen LogP contribution in [0.25, 0.3) is 0 Å². The third-order valence-electron chi connectivity index (χ3n) is 3.37. The van der Waals surface area contributed by atoms with Gasteiger partial charge in [-0.1, -0.05) is 36.6 Å². The number of rotatable bonds is 4. The Morgan fingerprint density at radius 3 is 2.53 bits per heavy atom. The van der Waals surface area contributed by atoms with Crippen molar-refractivity contribution in [1.82, 2.24) is 4.90 Å². The second-order valence-corrected chi connectivity index (χ2v) is 6.37. The summed E-state index contributed by atoms with van der Waals surface area (Å²) in [6, 6.07) is 7.80. The summed E-state index contributed by atoms with van der Waals surface area (Å²) < 4.78 is 0. The normalized spacial score (nSPS) is 16.2. The van der Waals surface area contributed by atoms with Crippen molar-refractivity contribution in [3.05, 3.63) is 29.3 Å². The van der Waals surface area contributed by atoms with Gasteiger partial charge in [-0.15, -0.1) is 11.8 Å². The van der Waals surface area contributed by atoms with E-state index < -0.39 is 0 Å².